The van der Waals surface area contributed by atoms with Gasteiger partial charge in [-0.1, -0.05) is 18.2 Å². The van der Waals surface area contributed by atoms with Crippen LogP contribution in [0, 0.1) is 11.7 Å². The second-order valence-electron chi connectivity index (χ2n) is 7.47. The van der Waals surface area contributed by atoms with E-state index in [-0.39, 0.29) is 11.7 Å². The maximum Gasteiger partial charge on any atom is 0.255 e. The number of hydrogen-bond acceptors (Lipinski definition) is 4. The number of ether oxygens (including phenoxy) is 1. The summed E-state index contributed by atoms with van der Waals surface area (Å²) in [5.74, 6) is 0.554. The van der Waals surface area contributed by atoms with Crippen molar-refractivity contribution in [3.05, 3.63) is 59.0 Å². The minimum atomic E-state index is -0.277. The van der Waals surface area contributed by atoms with Crippen LogP contribution in [-0.2, 0) is 0 Å². The molecule has 30 heavy (non-hydrogen) atoms. The number of nitrogens with one attached hydrogen (secondary N) is 3. The number of nitrogens with zero attached hydrogens (tertiary/aromatic N) is 1. The fourth-order valence-corrected chi connectivity index (χ4v) is 3.79. The molecule has 1 saturated heterocycles. The van der Waals surface area contributed by atoms with Gasteiger partial charge in [-0.15, -0.1) is 0 Å². The molecule has 6 nitrogen and oxygen atoms in total. The Labute approximate surface area is 174 Å². The van der Waals surface area contributed by atoms with E-state index in [1.807, 2.05) is 18.2 Å². The first-order valence-electron chi connectivity index (χ1n) is 10.1. The second kappa shape index (κ2) is 9.09. The van der Waals surface area contributed by atoms with Crippen molar-refractivity contribution in [3.8, 4) is 5.75 Å². The monoisotopic (exact) mass is 408 g/mol. The van der Waals surface area contributed by atoms with E-state index in [2.05, 4.69) is 20.8 Å². The quantitative estimate of drug-likeness (QED) is 0.582. The number of halogens is 1. The second-order valence-corrected chi connectivity index (χ2v) is 7.47. The van der Waals surface area contributed by atoms with Gasteiger partial charge in [-0.05, 0) is 67.8 Å². The van der Waals surface area contributed by atoms with Gasteiger partial charge in [0, 0.05) is 6.54 Å². The number of methoxy groups -OCH3 is 1. The van der Waals surface area contributed by atoms with Crippen molar-refractivity contribution in [2.45, 2.75) is 12.8 Å². The van der Waals surface area contributed by atoms with E-state index in [0.29, 0.717) is 29.3 Å². The molecule has 0 radical (unpaired) electrons. The van der Waals surface area contributed by atoms with Crippen LogP contribution in [0.2, 0.25) is 0 Å². The summed E-state index contributed by atoms with van der Waals surface area (Å²) in [5.41, 5.74) is 2.77. The lowest BCUT2D eigenvalue weighted by atomic mass is 9.98. The number of H-pyrrole nitrogens is 1. The Morgan fingerprint density at radius 2 is 1.97 bits per heavy atom. The molecule has 1 amide bonds. The van der Waals surface area contributed by atoms with Crippen LogP contribution < -0.4 is 15.4 Å². The van der Waals surface area contributed by atoms with Crippen LogP contribution in [0.15, 0.2) is 36.4 Å². The molecule has 3 aromatic rings. The largest absolute Gasteiger partial charge is 0.495 e. The van der Waals surface area contributed by atoms with Crippen LogP contribution >= 0.6 is 0 Å². The van der Waals surface area contributed by atoms with Gasteiger partial charge in [-0.25, -0.2) is 4.39 Å². The number of rotatable bonds is 6. The van der Waals surface area contributed by atoms with Gasteiger partial charge in [0.25, 0.3) is 5.91 Å². The summed E-state index contributed by atoms with van der Waals surface area (Å²) in [4.78, 5) is 12.9. The fraction of sp³-hybridized carbons (Fsp3) is 0.304. The van der Waals surface area contributed by atoms with Crippen molar-refractivity contribution in [1.82, 2.24) is 20.8 Å². The summed E-state index contributed by atoms with van der Waals surface area (Å²) < 4.78 is 18.7. The van der Waals surface area contributed by atoms with Crippen molar-refractivity contribution < 1.29 is 13.9 Å². The number of piperidine rings is 1. The van der Waals surface area contributed by atoms with E-state index in [1.165, 1.54) is 12.1 Å². The van der Waals surface area contributed by atoms with Crippen molar-refractivity contribution in [2.24, 2.45) is 5.92 Å². The Morgan fingerprint density at radius 3 is 2.70 bits per heavy atom. The zero-order valence-electron chi connectivity index (χ0n) is 16.9. The van der Waals surface area contributed by atoms with Gasteiger partial charge in [0.15, 0.2) is 0 Å². The lowest BCUT2D eigenvalue weighted by Gasteiger charge is -2.23. The molecule has 156 valence electrons. The molecule has 4 rings (SSSR count). The molecule has 7 heteroatoms. The Bertz CT molecular complexity index is 1050. The molecule has 3 N–H and O–H groups in total. The number of amides is 1. The predicted molar refractivity (Wildman–Crippen MR) is 116 cm³/mol. The van der Waals surface area contributed by atoms with Crippen molar-refractivity contribution in [3.63, 3.8) is 0 Å². The van der Waals surface area contributed by atoms with Gasteiger partial charge < -0.3 is 15.4 Å². The first kappa shape index (κ1) is 20.1. The smallest absolute Gasteiger partial charge is 0.255 e. The summed E-state index contributed by atoms with van der Waals surface area (Å²) in [7, 11) is 1.55. The van der Waals surface area contributed by atoms with Crippen molar-refractivity contribution in [1.29, 1.82) is 0 Å². The zero-order chi connectivity index (χ0) is 20.9. The molecule has 1 fully saturated rings. The first-order valence-corrected chi connectivity index (χ1v) is 10.1. The molecule has 2 aromatic carbocycles. The lowest BCUT2D eigenvalue weighted by Crippen LogP contribution is -2.36. The molecule has 0 spiro atoms. The SMILES string of the molecule is COc1c(C(=O)NCC2CCNCC2)ccc2n[nH]c(/C=C/c3ccc(F)cc3)c12. The molecule has 0 aliphatic carbocycles. The third-order valence-electron chi connectivity index (χ3n) is 5.47. The molecule has 1 aliphatic rings. The lowest BCUT2D eigenvalue weighted by molar-refractivity contribution is 0.0941. The average molecular weight is 408 g/mol. The third-order valence-corrected chi connectivity index (χ3v) is 5.47. The van der Waals surface area contributed by atoms with Crippen LogP contribution in [0.1, 0.15) is 34.5 Å². The van der Waals surface area contributed by atoms with E-state index in [0.717, 1.165) is 42.6 Å². The van der Waals surface area contributed by atoms with Crippen molar-refractivity contribution in [2.75, 3.05) is 26.7 Å². The molecule has 1 aromatic heterocycles. The molecular weight excluding hydrogens is 383 g/mol. The minimum Gasteiger partial charge on any atom is -0.495 e. The molecule has 1 aliphatic heterocycles. The standard InChI is InChI=1S/C23H25FN4O2/c1-30-22-18(23(29)26-14-16-10-12-25-13-11-16)7-9-20-21(22)19(27-28-20)8-4-15-2-5-17(24)6-3-15/h2-9,16,25H,10-14H2,1H3,(H,26,29)(H,27,28)/b8-4+. The van der Waals surface area contributed by atoms with Gasteiger partial charge in [0.1, 0.15) is 11.6 Å². The zero-order valence-corrected chi connectivity index (χ0v) is 16.9. The highest BCUT2D eigenvalue weighted by Gasteiger charge is 2.20. The Kier molecular flexibility index (Phi) is 6.09. The summed E-state index contributed by atoms with van der Waals surface area (Å²) in [6.07, 6.45) is 5.84. The van der Waals surface area contributed by atoms with Gasteiger partial charge in [0.05, 0.1) is 29.3 Å². The summed E-state index contributed by atoms with van der Waals surface area (Å²) in [5, 5.41) is 14.4. The molecule has 0 unspecified atom stereocenters. The summed E-state index contributed by atoms with van der Waals surface area (Å²) in [6, 6.07) is 9.77. The highest BCUT2D eigenvalue weighted by Crippen LogP contribution is 2.32. The predicted octanol–water partition coefficient (Wildman–Crippen LogP) is 3.61. The van der Waals surface area contributed by atoms with Crippen LogP contribution in [0.4, 0.5) is 4.39 Å². The van der Waals surface area contributed by atoms with Gasteiger partial charge in [0.2, 0.25) is 0 Å². The van der Waals surface area contributed by atoms with E-state index in [9.17, 15) is 9.18 Å². The van der Waals surface area contributed by atoms with E-state index >= 15 is 0 Å². The fourth-order valence-electron chi connectivity index (χ4n) is 3.79. The van der Waals surface area contributed by atoms with Crippen molar-refractivity contribution >= 4 is 29.0 Å². The maximum absolute atomic E-state index is 13.1. The normalized spacial score (nSPS) is 15.0. The molecule has 0 saturated carbocycles. The third kappa shape index (κ3) is 4.36. The Morgan fingerprint density at radius 1 is 1.20 bits per heavy atom. The molecule has 0 bridgehead atoms. The Hall–Kier alpha value is -3.19. The highest BCUT2D eigenvalue weighted by atomic mass is 19.1. The average Bonchev–Trinajstić information content (AvgIpc) is 3.20. The van der Waals surface area contributed by atoms with E-state index in [4.69, 9.17) is 4.74 Å². The highest BCUT2D eigenvalue weighted by molar-refractivity contribution is 6.05. The van der Waals surface area contributed by atoms with Crippen LogP contribution in [0.25, 0.3) is 23.1 Å². The summed E-state index contributed by atoms with van der Waals surface area (Å²) in [6.45, 7) is 2.65. The molecular formula is C23H25FN4O2. The van der Waals surface area contributed by atoms with Gasteiger partial charge in [-0.2, -0.15) is 5.10 Å². The summed E-state index contributed by atoms with van der Waals surface area (Å²) >= 11 is 0. The number of carbonyl (C=O) groups is 1. The number of aromatic amines is 1. The van der Waals surface area contributed by atoms with Crippen LogP contribution in [0.3, 0.4) is 0 Å². The topological polar surface area (TPSA) is 79.0 Å². The van der Waals surface area contributed by atoms with Gasteiger partial charge >= 0.3 is 0 Å². The first-order chi connectivity index (χ1) is 14.7. The molecule has 0 atom stereocenters. The Balaban J connectivity index is 1.59. The maximum atomic E-state index is 13.1. The number of fused-ring (bicyclic) bond motifs is 1. The number of carbonyl (C=O) groups excluding carboxylic acids is 1. The number of hydrogen-bond donors (Lipinski definition) is 3. The van der Waals surface area contributed by atoms with Crippen LogP contribution in [-0.4, -0.2) is 42.8 Å². The van der Waals surface area contributed by atoms with E-state index < -0.39 is 0 Å². The van der Waals surface area contributed by atoms with Crippen LogP contribution in [0.5, 0.6) is 5.75 Å². The van der Waals surface area contributed by atoms with E-state index in [1.54, 1.807) is 25.3 Å². The number of benzene rings is 2. The minimum absolute atomic E-state index is 0.151. The molecule has 2 heterocycles. The van der Waals surface area contributed by atoms with Gasteiger partial charge in [-0.3, -0.25) is 9.89 Å². The number of aromatic nitrogens is 2.